The van der Waals surface area contributed by atoms with Crippen molar-refractivity contribution in [1.82, 2.24) is 45.9 Å². The summed E-state index contributed by atoms with van der Waals surface area (Å²) in [4.78, 5) is 24.7. The molecule has 3 fully saturated rings. The number of nitrogens with zero attached hydrogens (tertiary/aromatic N) is 6. The van der Waals surface area contributed by atoms with Crippen LogP contribution in [0.4, 0.5) is 48.1 Å². The molecule has 6 N–H and O–H groups in total. The highest BCUT2D eigenvalue weighted by molar-refractivity contribution is 5.78. The van der Waals surface area contributed by atoms with Crippen molar-refractivity contribution in [2.75, 3.05) is 75.0 Å². The first-order valence-corrected chi connectivity index (χ1v) is 21.7. The fraction of sp³-hybridized carbons (Fsp3) is 0.292. The molecular weight excluding hydrogens is 850 g/mol. The van der Waals surface area contributed by atoms with Gasteiger partial charge in [-0.1, -0.05) is 54.6 Å². The number of anilines is 6. The Morgan fingerprint density at radius 1 is 0.530 bits per heavy atom. The summed E-state index contributed by atoms with van der Waals surface area (Å²) in [6, 6.07) is 34.4. The summed E-state index contributed by atoms with van der Waals surface area (Å²) in [5.41, 5.74) is 6.15. The topological polar surface area (TPSA) is 177 Å². The Bertz CT molecular complexity index is 2580. The fourth-order valence-electron chi connectivity index (χ4n) is 7.23. The van der Waals surface area contributed by atoms with E-state index < -0.39 is 11.9 Å². The number of ether oxygens (including phenoxy) is 3. The Morgan fingerprint density at radius 3 is 1.47 bits per heavy atom. The van der Waals surface area contributed by atoms with Gasteiger partial charge in [-0.15, -0.1) is 0 Å². The Labute approximate surface area is 380 Å². The molecule has 18 heteroatoms. The molecule has 0 bridgehead atoms. The van der Waals surface area contributed by atoms with Crippen molar-refractivity contribution in [3.63, 3.8) is 0 Å². The van der Waals surface area contributed by atoms with E-state index in [4.69, 9.17) is 14.2 Å². The molecule has 3 aromatic heterocycles. The normalized spacial score (nSPS) is 18.5. The van der Waals surface area contributed by atoms with Crippen LogP contribution in [-0.4, -0.2) is 89.0 Å². The lowest BCUT2D eigenvalue weighted by Crippen LogP contribution is -2.33. The van der Waals surface area contributed by atoms with Crippen LogP contribution in [0.15, 0.2) is 128 Å². The molecule has 10 rings (SSSR count). The zero-order chi connectivity index (χ0) is 45.6. The van der Waals surface area contributed by atoms with Crippen molar-refractivity contribution >= 4 is 45.8 Å². The maximum Gasteiger partial charge on any atom is 0.433 e. The predicted octanol–water partition coefficient (Wildman–Crippen LogP) is 8.12. The molecule has 0 spiro atoms. The van der Waals surface area contributed by atoms with E-state index in [9.17, 15) is 13.2 Å². The molecule has 0 radical (unpaired) electrons. The Kier molecular flexibility index (Phi) is 15.6. The molecule has 4 aromatic carbocycles. The van der Waals surface area contributed by atoms with Gasteiger partial charge in [-0.05, 0) is 78.2 Å². The van der Waals surface area contributed by atoms with E-state index in [1.165, 1.54) is 18.1 Å². The van der Waals surface area contributed by atoms with Crippen molar-refractivity contribution < 1.29 is 27.4 Å². The number of aryl methyl sites for hydroxylation is 1. The van der Waals surface area contributed by atoms with Crippen molar-refractivity contribution in [2.24, 2.45) is 0 Å². The average Bonchev–Trinajstić information content (AvgIpc) is 3.36. The molecule has 3 saturated heterocycles. The predicted molar refractivity (Wildman–Crippen MR) is 247 cm³/mol. The van der Waals surface area contributed by atoms with Gasteiger partial charge in [0.2, 0.25) is 17.8 Å². The van der Waals surface area contributed by atoms with E-state index in [2.05, 4.69) is 86.1 Å². The van der Waals surface area contributed by atoms with Gasteiger partial charge in [0.05, 0.1) is 43.6 Å². The van der Waals surface area contributed by atoms with Crippen LogP contribution < -0.4 is 31.9 Å². The Morgan fingerprint density at radius 2 is 1.00 bits per heavy atom. The third-order valence-electron chi connectivity index (χ3n) is 10.6. The van der Waals surface area contributed by atoms with Crippen LogP contribution in [0.3, 0.4) is 0 Å². The lowest BCUT2D eigenvalue weighted by molar-refractivity contribution is -0.141. The number of hydrogen-bond acceptors (Lipinski definition) is 15. The molecular formula is C48H51F3N12O3. The fourth-order valence-corrected chi connectivity index (χ4v) is 7.23. The number of morpholine rings is 3. The van der Waals surface area contributed by atoms with Crippen LogP contribution in [0.25, 0.3) is 10.9 Å². The maximum absolute atomic E-state index is 12.8. The molecule has 66 heavy (non-hydrogen) atoms. The van der Waals surface area contributed by atoms with Crippen LogP contribution in [0.1, 0.15) is 46.4 Å². The van der Waals surface area contributed by atoms with Crippen LogP contribution >= 0.6 is 0 Å². The van der Waals surface area contributed by atoms with Gasteiger partial charge < -0.3 is 46.1 Å². The zero-order valence-electron chi connectivity index (χ0n) is 36.3. The number of aromatic nitrogens is 6. The van der Waals surface area contributed by atoms with Crippen molar-refractivity contribution in [2.45, 2.75) is 31.4 Å². The standard InChI is InChI=1S/C18H18N4O.C16H17F3N4O.C14H16N4O/c1-2-4-16-14(3-1)11-20-18(22-16)21-15-7-5-13(6-8-15)17-12-19-9-10-23-17;1-10-8-14(16(17,18)19)23-15(21-10)22-12-4-2-11(3-5-12)13-9-20-6-7-24-13;1-6-16-14(17-7-1)18-12-4-2-11(3-5-12)13-10-15-8-9-19-13/h1-8,11,17,19H,9-10,12H2,(H,20,21,22);2-5,8,13,20H,6-7,9H2,1H3,(H,21,22,23);1-7,13,15H,8-10H2,(H,16,17,18)/t17-;2*13-/m000/s1. The van der Waals surface area contributed by atoms with Crippen molar-refractivity contribution in [1.29, 1.82) is 0 Å². The molecule has 342 valence electrons. The third-order valence-corrected chi connectivity index (χ3v) is 10.6. The van der Waals surface area contributed by atoms with E-state index in [1.54, 1.807) is 30.6 Å². The molecule has 0 aliphatic carbocycles. The van der Waals surface area contributed by atoms with Gasteiger partial charge >= 0.3 is 6.18 Å². The molecule has 3 aliphatic rings. The number of halogens is 3. The zero-order valence-corrected chi connectivity index (χ0v) is 36.3. The van der Waals surface area contributed by atoms with Gasteiger partial charge in [-0.3, -0.25) is 0 Å². The largest absolute Gasteiger partial charge is 0.433 e. The number of fused-ring (bicyclic) bond motifs is 1. The highest BCUT2D eigenvalue weighted by Gasteiger charge is 2.33. The molecule has 0 unspecified atom stereocenters. The molecule has 15 nitrogen and oxygen atoms in total. The summed E-state index contributed by atoms with van der Waals surface area (Å²) in [6.07, 6.45) is 1.03. The Hall–Kier alpha value is -6.67. The summed E-state index contributed by atoms with van der Waals surface area (Å²) >= 11 is 0. The second kappa shape index (κ2) is 22.5. The summed E-state index contributed by atoms with van der Waals surface area (Å²) in [7, 11) is 0. The first-order chi connectivity index (χ1) is 32.2. The SMILES string of the molecule is Cc1cc(C(F)(F)F)nc(Nc2ccc([C@@H]3CNCCO3)cc2)n1.c1ccc2nc(Nc3ccc([C@@H]4CNCCO4)cc3)ncc2c1.c1cnc(Nc2ccc([C@@H]3CNCCO3)cc2)nc1. The van der Waals surface area contributed by atoms with E-state index in [1.807, 2.05) is 66.9 Å². The minimum Gasteiger partial charge on any atom is -0.371 e. The quantitative estimate of drug-likeness (QED) is 0.0818. The van der Waals surface area contributed by atoms with Crippen LogP contribution in [0.2, 0.25) is 0 Å². The first-order valence-electron chi connectivity index (χ1n) is 21.7. The number of hydrogen-bond donors (Lipinski definition) is 6. The first kappa shape index (κ1) is 45.9. The van der Waals surface area contributed by atoms with E-state index in [0.29, 0.717) is 24.2 Å². The van der Waals surface area contributed by atoms with Crippen molar-refractivity contribution in [3.8, 4) is 0 Å². The van der Waals surface area contributed by atoms with Gasteiger partial charge in [0.1, 0.15) is 5.69 Å². The molecule has 3 atom stereocenters. The highest BCUT2D eigenvalue weighted by atomic mass is 19.4. The number of benzene rings is 4. The summed E-state index contributed by atoms with van der Waals surface area (Å²) in [6.45, 7) is 8.84. The highest BCUT2D eigenvalue weighted by Crippen LogP contribution is 2.30. The maximum atomic E-state index is 12.8. The number of alkyl halides is 3. The van der Waals surface area contributed by atoms with Gasteiger partial charge in [-0.25, -0.2) is 29.9 Å². The monoisotopic (exact) mass is 900 g/mol. The lowest BCUT2D eigenvalue weighted by atomic mass is 10.1. The number of rotatable bonds is 9. The van der Waals surface area contributed by atoms with E-state index >= 15 is 0 Å². The summed E-state index contributed by atoms with van der Waals surface area (Å²) in [5.74, 6) is 1.13. The van der Waals surface area contributed by atoms with Gasteiger partial charge in [0, 0.05) is 86.0 Å². The molecule has 3 aliphatic heterocycles. The van der Waals surface area contributed by atoms with E-state index in [-0.39, 0.29) is 30.0 Å². The van der Waals surface area contributed by atoms with E-state index in [0.717, 1.165) is 86.4 Å². The molecule has 0 amide bonds. The lowest BCUT2D eigenvalue weighted by Gasteiger charge is -2.24. The number of para-hydroxylation sites is 1. The van der Waals surface area contributed by atoms with Crippen LogP contribution in [0.5, 0.6) is 0 Å². The minimum absolute atomic E-state index is 0.0140. The second-order valence-electron chi connectivity index (χ2n) is 15.5. The molecule has 7 aromatic rings. The third kappa shape index (κ3) is 13.2. The summed E-state index contributed by atoms with van der Waals surface area (Å²) < 4.78 is 55.6. The Balaban J connectivity index is 0.000000135. The molecule has 0 saturated carbocycles. The minimum atomic E-state index is -4.50. The van der Waals surface area contributed by atoms with Gasteiger partial charge in [-0.2, -0.15) is 13.2 Å². The smallest absolute Gasteiger partial charge is 0.371 e. The van der Waals surface area contributed by atoms with Crippen molar-refractivity contribution in [3.05, 3.63) is 156 Å². The van der Waals surface area contributed by atoms with Crippen LogP contribution in [0, 0.1) is 6.92 Å². The molecule has 6 heterocycles. The average molecular weight is 901 g/mol. The number of nitrogens with one attached hydrogen (secondary N) is 6. The van der Waals surface area contributed by atoms with Gasteiger partial charge in [0.15, 0.2) is 0 Å². The van der Waals surface area contributed by atoms with Gasteiger partial charge in [0.25, 0.3) is 0 Å². The van der Waals surface area contributed by atoms with Crippen LogP contribution in [-0.2, 0) is 20.4 Å². The summed E-state index contributed by atoms with van der Waals surface area (Å²) in [5, 5.41) is 20.2. The second-order valence-corrected chi connectivity index (χ2v) is 15.5.